The summed E-state index contributed by atoms with van der Waals surface area (Å²) in [4.78, 5) is 12.6. The van der Waals surface area contributed by atoms with Crippen molar-refractivity contribution >= 4 is 5.95 Å². The summed E-state index contributed by atoms with van der Waals surface area (Å²) < 4.78 is 11.1. The monoisotopic (exact) mass is 296 g/mol. The summed E-state index contributed by atoms with van der Waals surface area (Å²) in [6, 6.07) is 0.629. The number of hydrogen-bond acceptors (Lipinski definition) is 6. The highest BCUT2D eigenvalue weighted by Crippen LogP contribution is 2.14. The van der Waals surface area contributed by atoms with E-state index < -0.39 is 0 Å². The predicted octanol–water partition coefficient (Wildman–Crippen LogP) is 3.44. The first-order chi connectivity index (χ1) is 10.2. The van der Waals surface area contributed by atoms with E-state index in [2.05, 4.69) is 27.2 Å². The molecular formula is C15H28N4O2. The van der Waals surface area contributed by atoms with Gasteiger partial charge >= 0.3 is 12.0 Å². The molecule has 1 aromatic heterocycles. The van der Waals surface area contributed by atoms with Crippen molar-refractivity contribution in [2.75, 3.05) is 18.5 Å². The molecule has 6 nitrogen and oxygen atoms in total. The number of nitrogens with zero attached hydrogens (tertiary/aromatic N) is 3. The van der Waals surface area contributed by atoms with Gasteiger partial charge in [-0.15, -0.1) is 4.98 Å². The summed E-state index contributed by atoms with van der Waals surface area (Å²) in [6.45, 7) is 9.43. The fourth-order valence-electron chi connectivity index (χ4n) is 1.77. The molecular weight excluding hydrogens is 268 g/mol. The second kappa shape index (κ2) is 10.2. The van der Waals surface area contributed by atoms with E-state index in [0.717, 1.165) is 13.0 Å². The van der Waals surface area contributed by atoms with Crippen LogP contribution in [0.1, 0.15) is 59.8 Å². The van der Waals surface area contributed by atoms with Crippen molar-refractivity contribution < 1.29 is 9.47 Å². The van der Waals surface area contributed by atoms with Gasteiger partial charge in [0.2, 0.25) is 5.95 Å². The third kappa shape index (κ3) is 7.68. The fraction of sp³-hybridized carbons (Fsp3) is 0.800. The Bertz CT molecular complexity index is 399. The number of hydrogen-bond donors (Lipinski definition) is 1. The van der Waals surface area contributed by atoms with Gasteiger partial charge in [0.15, 0.2) is 0 Å². The van der Waals surface area contributed by atoms with Crippen molar-refractivity contribution in [1.82, 2.24) is 15.0 Å². The van der Waals surface area contributed by atoms with Crippen LogP contribution in [0.15, 0.2) is 0 Å². The lowest BCUT2D eigenvalue weighted by atomic mass is 10.2. The smallest absolute Gasteiger partial charge is 0.324 e. The van der Waals surface area contributed by atoms with Crippen molar-refractivity contribution in [3.05, 3.63) is 0 Å². The molecule has 0 radical (unpaired) electrons. The van der Waals surface area contributed by atoms with Crippen LogP contribution in [-0.2, 0) is 0 Å². The van der Waals surface area contributed by atoms with Crippen molar-refractivity contribution in [2.24, 2.45) is 0 Å². The Balaban J connectivity index is 2.52. The van der Waals surface area contributed by atoms with Gasteiger partial charge < -0.3 is 14.8 Å². The van der Waals surface area contributed by atoms with Crippen LogP contribution in [0.4, 0.5) is 5.95 Å². The normalized spacial score (nSPS) is 10.7. The van der Waals surface area contributed by atoms with Gasteiger partial charge in [0.25, 0.3) is 0 Å². The summed E-state index contributed by atoms with van der Waals surface area (Å²) in [7, 11) is 0. The second-order valence-electron chi connectivity index (χ2n) is 5.18. The lowest BCUT2D eigenvalue weighted by Crippen LogP contribution is -2.13. The van der Waals surface area contributed by atoms with E-state index in [1.807, 2.05) is 20.8 Å². The Morgan fingerprint density at radius 1 is 0.952 bits per heavy atom. The molecule has 0 saturated carbocycles. The highest BCUT2D eigenvalue weighted by Gasteiger charge is 2.09. The van der Waals surface area contributed by atoms with Crippen molar-refractivity contribution in [3.63, 3.8) is 0 Å². The average Bonchev–Trinajstić information content (AvgIpc) is 2.42. The molecule has 0 fully saturated rings. The van der Waals surface area contributed by atoms with Crippen LogP contribution in [0.3, 0.4) is 0 Å². The molecule has 0 spiro atoms. The number of rotatable bonds is 11. The van der Waals surface area contributed by atoms with Crippen LogP contribution >= 0.6 is 0 Å². The summed E-state index contributed by atoms with van der Waals surface area (Å²) in [5.74, 6) is 0.490. The molecule has 21 heavy (non-hydrogen) atoms. The summed E-state index contributed by atoms with van der Waals surface area (Å²) >= 11 is 0. The second-order valence-corrected chi connectivity index (χ2v) is 5.18. The topological polar surface area (TPSA) is 69.2 Å². The van der Waals surface area contributed by atoms with Gasteiger partial charge in [-0.25, -0.2) is 0 Å². The van der Waals surface area contributed by atoms with Gasteiger partial charge in [-0.3, -0.25) is 0 Å². The molecule has 6 heteroatoms. The van der Waals surface area contributed by atoms with E-state index in [1.165, 1.54) is 25.7 Å². The minimum absolute atomic E-state index is 0.0174. The average molecular weight is 296 g/mol. The Labute approximate surface area is 127 Å². The Kier molecular flexibility index (Phi) is 8.47. The fourth-order valence-corrected chi connectivity index (χ4v) is 1.77. The highest BCUT2D eigenvalue weighted by molar-refractivity contribution is 5.27. The standard InChI is InChI=1S/C15H28N4O2/c1-5-7-8-9-10-11-20-14-17-13(16-6-2)18-15(19-14)21-12(3)4/h12H,5-11H2,1-4H3,(H,16,17,18,19). The van der Waals surface area contributed by atoms with Crippen molar-refractivity contribution in [3.8, 4) is 12.0 Å². The van der Waals surface area contributed by atoms with Gasteiger partial charge in [-0.2, -0.15) is 9.97 Å². The zero-order valence-electron chi connectivity index (χ0n) is 13.7. The van der Waals surface area contributed by atoms with Crippen LogP contribution in [0, 0.1) is 0 Å². The molecule has 0 amide bonds. The predicted molar refractivity (Wildman–Crippen MR) is 84.0 cm³/mol. The summed E-state index contributed by atoms with van der Waals surface area (Å²) in [6.07, 6.45) is 5.99. The van der Waals surface area contributed by atoms with Crippen LogP contribution in [0.2, 0.25) is 0 Å². The molecule has 1 N–H and O–H groups in total. The lowest BCUT2D eigenvalue weighted by molar-refractivity contribution is 0.212. The molecule has 1 heterocycles. The molecule has 120 valence electrons. The zero-order valence-corrected chi connectivity index (χ0v) is 13.7. The van der Waals surface area contributed by atoms with Gasteiger partial charge in [0, 0.05) is 6.54 Å². The number of anilines is 1. The molecule has 0 unspecified atom stereocenters. The first kappa shape index (κ1) is 17.5. The van der Waals surface area contributed by atoms with E-state index in [4.69, 9.17) is 9.47 Å². The van der Waals surface area contributed by atoms with Gasteiger partial charge in [-0.1, -0.05) is 32.6 Å². The van der Waals surface area contributed by atoms with Crippen LogP contribution < -0.4 is 14.8 Å². The van der Waals surface area contributed by atoms with E-state index in [9.17, 15) is 0 Å². The number of unbranched alkanes of at least 4 members (excludes halogenated alkanes) is 4. The summed E-state index contributed by atoms with van der Waals surface area (Å²) in [5, 5.41) is 3.06. The SMILES string of the molecule is CCCCCCCOc1nc(NCC)nc(OC(C)C)n1. The minimum atomic E-state index is 0.0174. The quantitative estimate of drug-likeness (QED) is 0.631. The largest absolute Gasteiger partial charge is 0.463 e. The van der Waals surface area contributed by atoms with Gasteiger partial charge in [0.05, 0.1) is 12.7 Å². The first-order valence-corrected chi connectivity index (χ1v) is 7.95. The molecule has 1 aromatic rings. The summed E-state index contributed by atoms with van der Waals surface area (Å²) in [5.41, 5.74) is 0. The lowest BCUT2D eigenvalue weighted by Gasteiger charge is -2.11. The van der Waals surface area contributed by atoms with E-state index in [-0.39, 0.29) is 6.10 Å². The molecule has 0 aromatic carbocycles. The third-order valence-electron chi connectivity index (χ3n) is 2.75. The molecule has 1 rings (SSSR count). The molecule has 0 aliphatic heterocycles. The maximum atomic E-state index is 5.61. The van der Waals surface area contributed by atoms with E-state index in [1.54, 1.807) is 0 Å². The van der Waals surface area contributed by atoms with Crippen molar-refractivity contribution in [1.29, 1.82) is 0 Å². The third-order valence-corrected chi connectivity index (χ3v) is 2.75. The molecule has 0 saturated heterocycles. The molecule has 0 aliphatic carbocycles. The number of aromatic nitrogens is 3. The highest BCUT2D eigenvalue weighted by atomic mass is 16.5. The van der Waals surface area contributed by atoms with E-state index in [0.29, 0.717) is 24.6 Å². The maximum absolute atomic E-state index is 5.61. The minimum Gasteiger partial charge on any atom is -0.463 e. The van der Waals surface area contributed by atoms with Crippen LogP contribution in [-0.4, -0.2) is 34.2 Å². The van der Waals surface area contributed by atoms with E-state index >= 15 is 0 Å². The van der Waals surface area contributed by atoms with Gasteiger partial charge in [-0.05, 0) is 27.2 Å². The maximum Gasteiger partial charge on any atom is 0.324 e. The van der Waals surface area contributed by atoms with Gasteiger partial charge in [0.1, 0.15) is 0 Å². The molecule has 0 bridgehead atoms. The molecule has 0 aliphatic rings. The zero-order chi connectivity index (χ0) is 15.5. The van der Waals surface area contributed by atoms with Crippen molar-refractivity contribution in [2.45, 2.75) is 65.9 Å². The van der Waals surface area contributed by atoms with Crippen LogP contribution in [0.25, 0.3) is 0 Å². The first-order valence-electron chi connectivity index (χ1n) is 7.95. The van der Waals surface area contributed by atoms with Crippen LogP contribution in [0.5, 0.6) is 12.0 Å². The Hall–Kier alpha value is -1.59. The Morgan fingerprint density at radius 2 is 1.67 bits per heavy atom. The Morgan fingerprint density at radius 3 is 2.33 bits per heavy atom. The number of ether oxygens (including phenoxy) is 2. The molecule has 0 atom stereocenters. The number of nitrogens with one attached hydrogen (secondary N) is 1.